The van der Waals surface area contributed by atoms with Gasteiger partial charge >= 0.3 is 0 Å². The lowest BCUT2D eigenvalue weighted by Gasteiger charge is -2.04. The van der Waals surface area contributed by atoms with Gasteiger partial charge in [0.15, 0.2) is 5.13 Å². The molecule has 0 saturated heterocycles. The number of primary sulfonamides is 1. The zero-order valence-electron chi connectivity index (χ0n) is 15.7. The number of para-hydroxylation sites is 1. The average molecular weight is 460 g/mol. The summed E-state index contributed by atoms with van der Waals surface area (Å²) in [6.07, 6.45) is 0. The van der Waals surface area contributed by atoms with Gasteiger partial charge in [-0.1, -0.05) is 23.5 Å². The SMILES string of the molecule is COc1ccccc1-c1csc(-c2sc(Nc3ccc(S(N)(=O)=O)cc3)nc2N)n1. The van der Waals surface area contributed by atoms with Crippen molar-refractivity contribution in [3.05, 3.63) is 53.9 Å². The lowest BCUT2D eigenvalue weighted by molar-refractivity contribution is 0.416. The van der Waals surface area contributed by atoms with Crippen molar-refractivity contribution in [1.82, 2.24) is 9.97 Å². The van der Waals surface area contributed by atoms with Crippen molar-refractivity contribution in [2.45, 2.75) is 4.90 Å². The highest BCUT2D eigenvalue weighted by Crippen LogP contribution is 2.40. The van der Waals surface area contributed by atoms with Crippen LogP contribution in [0, 0.1) is 0 Å². The van der Waals surface area contributed by atoms with E-state index in [0.29, 0.717) is 16.6 Å². The molecule has 0 aliphatic heterocycles. The third-order valence-electron chi connectivity index (χ3n) is 4.17. The van der Waals surface area contributed by atoms with Crippen molar-refractivity contribution >= 4 is 49.3 Å². The molecule has 154 valence electrons. The number of nitrogens with two attached hydrogens (primary N) is 2. The van der Waals surface area contributed by atoms with E-state index in [1.165, 1.54) is 34.8 Å². The quantitative estimate of drug-likeness (QED) is 0.398. The van der Waals surface area contributed by atoms with Crippen molar-refractivity contribution in [2.24, 2.45) is 5.14 Å². The Morgan fingerprint density at radius 1 is 1.07 bits per heavy atom. The van der Waals surface area contributed by atoms with Gasteiger partial charge in [0.1, 0.15) is 21.5 Å². The van der Waals surface area contributed by atoms with Crippen molar-refractivity contribution < 1.29 is 13.2 Å². The molecule has 8 nitrogen and oxygen atoms in total. The number of nitrogens with one attached hydrogen (secondary N) is 1. The highest BCUT2D eigenvalue weighted by Gasteiger charge is 2.17. The Morgan fingerprint density at radius 2 is 1.80 bits per heavy atom. The second kappa shape index (κ2) is 8.03. The molecule has 0 saturated carbocycles. The minimum Gasteiger partial charge on any atom is -0.496 e. The molecule has 5 N–H and O–H groups in total. The molecule has 11 heteroatoms. The topological polar surface area (TPSA) is 133 Å². The van der Waals surface area contributed by atoms with E-state index in [1.807, 2.05) is 29.6 Å². The van der Waals surface area contributed by atoms with Crippen LogP contribution < -0.4 is 20.9 Å². The molecule has 2 heterocycles. The maximum atomic E-state index is 11.4. The highest BCUT2D eigenvalue weighted by atomic mass is 32.2. The van der Waals surface area contributed by atoms with Crippen LogP contribution in [-0.2, 0) is 10.0 Å². The van der Waals surface area contributed by atoms with Crippen LogP contribution in [0.15, 0.2) is 58.8 Å². The van der Waals surface area contributed by atoms with E-state index in [4.69, 9.17) is 20.6 Å². The summed E-state index contributed by atoms with van der Waals surface area (Å²) in [4.78, 5) is 9.85. The number of sulfonamides is 1. The number of thiazole rings is 2. The summed E-state index contributed by atoms with van der Waals surface area (Å²) in [5, 5.41) is 11.5. The number of ether oxygens (including phenoxy) is 1. The maximum absolute atomic E-state index is 11.4. The molecule has 0 atom stereocenters. The lowest BCUT2D eigenvalue weighted by atomic mass is 10.1. The van der Waals surface area contributed by atoms with E-state index < -0.39 is 10.0 Å². The van der Waals surface area contributed by atoms with Crippen molar-refractivity contribution in [3.63, 3.8) is 0 Å². The zero-order chi connectivity index (χ0) is 21.3. The Kier molecular flexibility index (Phi) is 5.43. The molecule has 0 aliphatic carbocycles. The highest BCUT2D eigenvalue weighted by molar-refractivity contribution is 7.89. The predicted octanol–water partition coefficient (Wildman–Crippen LogP) is 3.92. The van der Waals surface area contributed by atoms with Gasteiger partial charge in [0.05, 0.1) is 17.7 Å². The van der Waals surface area contributed by atoms with Gasteiger partial charge in [-0.25, -0.2) is 23.5 Å². The van der Waals surface area contributed by atoms with Crippen LogP contribution in [0.4, 0.5) is 16.6 Å². The monoisotopic (exact) mass is 459 g/mol. The molecule has 0 unspecified atom stereocenters. The van der Waals surface area contributed by atoms with Crippen molar-refractivity contribution in [3.8, 4) is 26.9 Å². The zero-order valence-corrected chi connectivity index (χ0v) is 18.1. The van der Waals surface area contributed by atoms with E-state index in [9.17, 15) is 8.42 Å². The number of nitrogens with zero attached hydrogens (tertiary/aromatic N) is 2. The van der Waals surface area contributed by atoms with Crippen LogP contribution in [0.2, 0.25) is 0 Å². The van der Waals surface area contributed by atoms with E-state index in [2.05, 4.69) is 10.3 Å². The number of methoxy groups -OCH3 is 1. The smallest absolute Gasteiger partial charge is 0.238 e. The number of benzene rings is 2. The first-order valence-corrected chi connectivity index (χ1v) is 11.8. The fourth-order valence-electron chi connectivity index (χ4n) is 2.75. The van der Waals surface area contributed by atoms with Crippen LogP contribution in [0.3, 0.4) is 0 Å². The first-order chi connectivity index (χ1) is 14.3. The average Bonchev–Trinajstić information content (AvgIpc) is 3.34. The van der Waals surface area contributed by atoms with Crippen LogP contribution in [-0.4, -0.2) is 25.5 Å². The molecule has 0 spiro atoms. The van der Waals surface area contributed by atoms with Crippen LogP contribution in [0.25, 0.3) is 21.1 Å². The summed E-state index contributed by atoms with van der Waals surface area (Å²) in [5.74, 6) is 1.11. The molecule has 2 aromatic carbocycles. The van der Waals surface area contributed by atoms with Gasteiger partial charge in [0.25, 0.3) is 0 Å². The summed E-state index contributed by atoms with van der Waals surface area (Å²) in [7, 11) is -2.11. The fraction of sp³-hybridized carbons (Fsp3) is 0.0526. The van der Waals surface area contributed by atoms with E-state index in [1.54, 1.807) is 19.2 Å². The number of anilines is 3. The minimum absolute atomic E-state index is 0.0408. The van der Waals surface area contributed by atoms with Gasteiger partial charge < -0.3 is 15.8 Å². The Bertz CT molecular complexity index is 1300. The first-order valence-electron chi connectivity index (χ1n) is 8.60. The standard InChI is InChI=1S/C19H17N5O3S3/c1-27-15-5-3-2-4-13(15)14-10-28-18(23-14)16-17(20)24-19(29-16)22-11-6-8-12(9-7-11)30(21,25)26/h2-10H,20H2,1H3,(H,22,24)(H2,21,25,26). The van der Waals surface area contributed by atoms with Gasteiger partial charge in [-0.15, -0.1) is 11.3 Å². The lowest BCUT2D eigenvalue weighted by Crippen LogP contribution is -2.11. The second-order valence-electron chi connectivity index (χ2n) is 6.17. The molecular weight excluding hydrogens is 442 g/mol. The van der Waals surface area contributed by atoms with Gasteiger partial charge in [0.2, 0.25) is 10.0 Å². The summed E-state index contributed by atoms with van der Waals surface area (Å²) >= 11 is 2.83. The van der Waals surface area contributed by atoms with Gasteiger partial charge in [-0.05, 0) is 36.4 Å². The number of nitrogen functional groups attached to an aromatic ring is 1. The Labute approximate surface area is 181 Å². The number of hydrogen-bond acceptors (Lipinski definition) is 9. The Hall–Kier alpha value is -2.99. The Balaban J connectivity index is 1.58. The van der Waals surface area contributed by atoms with E-state index >= 15 is 0 Å². The summed E-state index contributed by atoms with van der Waals surface area (Å²) < 4.78 is 28.2. The van der Waals surface area contributed by atoms with Crippen LogP contribution in [0.5, 0.6) is 5.75 Å². The van der Waals surface area contributed by atoms with Gasteiger partial charge in [-0.2, -0.15) is 0 Å². The molecule has 0 radical (unpaired) electrons. The molecule has 4 aromatic rings. The third kappa shape index (κ3) is 4.14. The number of hydrogen-bond donors (Lipinski definition) is 3. The van der Waals surface area contributed by atoms with Gasteiger partial charge in [0, 0.05) is 16.6 Å². The largest absolute Gasteiger partial charge is 0.496 e. The Morgan fingerprint density at radius 3 is 2.50 bits per heavy atom. The van der Waals surface area contributed by atoms with Crippen LogP contribution in [0.1, 0.15) is 0 Å². The molecule has 0 fully saturated rings. The molecule has 30 heavy (non-hydrogen) atoms. The van der Waals surface area contributed by atoms with Gasteiger partial charge in [-0.3, -0.25) is 0 Å². The molecule has 0 aliphatic rings. The molecule has 0 amide bonds. The molecular formula is C19H17N5O3S3. The number of aromatic nitrogens is 2. The fourth-order valence-corrected chi connectivity index (χ4v) is 5.09. The summed E-state index contributed by atoms with van der Waals surface area (Å²) in [6.45, 7) is 0. The minimum atomic E-state index is -3.73. The molecule has 2 aromatic heterocycles. The maximum Gasteiger partial charge on any atom is 0.238 e. The predicted molar refractivity (Wildman–Crippen MR) is 121 cm³/mol. The summed E-state index contributed by atoms with van der Waals surface area (Å²) in [5.41, 5.74) is 8.48. The second-order valence-corrected chi connectivity index (χ2v) is 9.58. The normalized spacial score (nSPS) is 11.4. The molecule has 4 rings (SSSR count). The molecule has 0 bridgehead atoms. The first kappa shape index (κ1) is 20.3. The van der Waals surface area contributed by atoms with E-state index in [-0.39, 0.29) is 4.90 Å². The third-order valence-corrected chi connectivity index (χ3v) is 7.08. The number of rotatable bonds is 6. The van der Waals surface area contributed by atoms with Crippen molar-refractivity contribution in [2.75, 3.05) is 18.2 Å². The van der Waals surface area contributed by atoms with Crippen LogP contribution >= 0.6 is 22.7 Å². The van der Waals surface area contributed by atoms with Crippen molar-refractivity contribution in [1.29, 1.82) is 0 Å². The summed E-state index contributed by atoms with van der Waals surface area (Å²) in [6, 6.07) is 13.8. The van der Waals surface area contributed by atoms with E-state index in [0.717, 1.165) is 26.9 Å².